The second kappa shape index (κ2) is 5.53. The molecule has 3 N–H and O–H groups in total. The number of carbonyl (C=O) groups excluding carboxylic acids is 1. The first-order valence-corrected chi connectivity index (χ1v) is 4.83. The summed E-state index contributed by atoms with van der Waals surface area (Å²) in [7, 11) is 1.40. The summed E-state index contributed by atoms with van der Waals surface area (Å²) in [5.41, 5.74) is 6.08. The van der Waals surface area contributed by atoms with E-state index >= 15 is 0 Å². The first kappa shape index (κ1) is 12.5. The molecule has 86 valence electrons. The van der Waals surface area contributed by atoms with E-state index in [2.05, 4.69) is 10.1 Å². The molecule has 0 saturated heterocycles. The van der Waals surface area contributed by atoms with Crippen LogP contribution in [0, 0.1) is 5.82 Å². The molecule has 0 aliphatic rings. The van der Waals surface area contributed by atoms with Crippen molar-refractivity contribution < 1.29 is 13.9 Å². The zero-order valence-corrected chi connectivity index (χ0v) is 9.44. The molecule has 0 heterocycles. The van der Waals surface area contributed by atoms with Crippen LogP contribution >= 0.6 is 12.2 Å². The molecule has 1 aromatic carbocycles. The Morgan fingerprint density at radius 2 is 2.31 bits per heavy atom. The minimum absolute atomic E-state index is 0.0206. The number of nitrogens with two attached hydrogens (primary N) is 1. The van der Waals surface area contributed by atoms with Crippen molar-refractivity contribution in [1.29, 1.82) is 0 Å². The maximum absolute atomic E-state index is 12.9. The molecule has 0 aromatic heterocycles. The molecule has 0 aliphatic heterocycles. The molecule has 1 rings (SSSR count). The van der Waals surface area contributed by atoms with Crippen LogP contribution in [0.5, 0.6) is 0 Å². The van der Waals surface area contributed by atoms with E-state index in [9.17, 15) is 9.18 Å². The normalized spacial score (nSPS) is 9.88. The lowest BCUT2D eigenvalue weighted by Crippen LogP contribution is -2.20. The van der Waals surface area contributed by atoms with Crippen LogP contribution in [-0.4, -0.2) is 24.6 Å². The Hall–Kier alpha value is -1.53. The van der Waals surface area contributed by atoms with Gasteiger partial charge in [-0.15, -0.1) is 0 Å². The van der Waals surface area contributed by atoms with Crippen LogP contribution in [0.4, 0.5) is 10.1 Å². The molecule has 0 radical (unpaired) electrons. The lowest BCUT2D eigenvalue weighted by molar-refractivity contribution is -0.119. The zero-order valence-electron chi connectivity index (χ0n) is 8.62. The summed E-state index contributed by atoms with van der Waals surface area (Å²) in [6.07, 6.45) is 0. The number of carbonyl (C=O) groups is 1. The lowest BCUT2D eigenvalue weighted by atomic mass is 10.1. The molecule has 1 amide bonds. The number of nitrogens with one attached hydrogen (secondary N) is 1. The van der Waals surface area contributed by atoms with E-state index < -0.39 is 5.82 Å². The van der Waals surface area contributed by atoms with Gasteiger partial charge in [-0.1, -0.05) is 12.2 Å². The highest BCUT2D eigenvalue weighted by atomic mass is 32.1. The molecule has 0 aliphatic carbocycles. The van der Waals surface area contributed by atoms with Gasteiger partial charge in [0.05, 0.1) is 5.69 Å². The van der Waals surface area contributed by atoms with Crippen LogP contribution in [0.25, 0.3) is 0 Å². The van der Waals surface area contributed by atoms with E-state index in [0.717, 1.165) is 0 Å². The fourth-order valence-corrected chi connectivity index (χ4v) is 1.32. The highest BCUT2D eigenvalue weighted by Crippen LogP contribution is 2.16. The largest absolute Gasteiger partial charge is 0.389 e. The molecule has 16 heavy (non-hydrogen) atoms. The molecule has 0 atom stereocenters. The number of hydrogen-bond donors (Lipinski definition) is 2. The topological polar surface area (TPSA) is 64.3 Å². The average molecular weight is 242 g/mol. The fourth-order valence-electron chi connectivity index (χ4n) is 1.15. The van der Waals surface area contributed by atoms with E-state index in [1.54, 1.807) is 0 Å². The van der Waals surface area contributed by atoms with E-state index in [1.807, 2.05) is 0 Å². The summed E-state index contributed by atoms with van der Waals surface area (Å²) in [5, 5.41) is 2.52. The van der Waals surface area contributed by atoms with Crippen molar-refractivity contribution in [2.24, 2.45) is 5.73 Å². The quantitative estimate of drug-likeness (QED) is 0.774. The maximum atomic E-state index is 12.9. The van der Waals surface area contributed by atoms with Crippen molar-refractivity contribution >= 4 is 28.8 Å². The van der Waals surface area contributed by atoms with E-state index in [1.165, 1.54) is 25.3 Å². The molecular formula is C10H11FN2O2S. The number of benzene rings is 1. The Morgan fingerprint density at radius 1 is 1.62 bits per heavy atom. The van der Waals surface area contributed by atoms with Gasteiger partial charge in [0.25, 0.3) is 0 Å². The van der Waals surface area contributed by atoms with Gasteiger partial charge in [-0.25, -0.2) is 4.39 Å². The second-order valence-electron chi connectivity index (χ2n) is 3.04. The predicted octanol–water partition coefficient (Wildman–Crippen LogP) is 1.04. The molecule has 0 saturated carbocycles. The van der Waals surface area contributed by atoms with Crippen LogP contribution in [-0.2, 0) is 9.53 Å². The predicted molar refractivity (Wildman–Crippen MR) is 62.8 cm³/mol. The van der Waals surface area contributed by atoms with Gasteiger partial charge in [0, 0.05) is 12.7 Å². The van der Waals surface area contributed by atoms with Crippen molar-refractivity contribution in [1.82, 2.24) is 0 Å². The summed E-state index contributed by atoms with van der Waals surface area (Å²) in [5.74, 6) is -0.820. The maximum Gasteiger partial charge on any atom is 0.250 e. The van der Waals surface area contributed by atoms with E-state index in [0.29, 0.717) is 11.3 Å². The van der Waals surface area contributed by atoms with Crippen molar-refractivity contribution in [3.63, 3.8) is 0 Å². The number of hydrogen-bond acceptors (Lipinski definition) is 3. The summed E-state index contributed by atoms with van der Waals surface area (Å²) in [6, 6.07) is 3.78. The Bertz CT molecular complexity index is 423. The molecule has 0 bridgehead atoms. The molecule has 0 unspecified atom stereocenters. The Balaban J connectivity index is 2.95. The third kappa shape index (κ3) is 3.25. The van der Waals surface area contributed by atoms with Crippen LogP contribution in [0.3, 0.4) is 0 Å². The number of methoxy groups -OCH3 is 1. The monoisotopic (exact) mass is 242 g/mol. The summed E-state index contributed by atoms with van der Waals surface area (Å²) >= 11 is 4.76. The summed E-state index contributed by atoms with van der Waals surface area (Å²) in [4.78, 5) is 11.3. The number of anilines is 1. The van der Waals surface area contributed by atoms with Crippen molar-refractivity contribution in [3.8, 4) is 0 Å². The standard InChI is InChI=1S/C10H11FN2O2S/c1-15-5-9(14)13-8-3-2-6(11)4-7(8)10(12)16/h2-4H,5H2,1H3,(H2,12,16)(H,13,14). The highest BCUT2D eigenvalue weighted by molar-refractivity contribution is 7.80. The molecule has 0 fully saturated rings. The van der Waals surface area contributed by atoms with Crippen molar-refractivity contribution in [2.45, 2.75) is 0 Å². The van der Waals surface area contributed by atoms with E-state index in [-0.39, 0.29) is 17.5 Å². The Kier molecular flexibility index (Phi) is 4.33. The highest BCUT2D eigenvalue weighted by Gasteiger charge is 2.09. The minimum atomic E-state index is -0.465. The third-order valence-electron chi connectivity index (χ3n) is 1.80. The third-order valence-corrected chi connectivity index (χ3v) is 2.02. The molecule has 6 heteroatoms. The van der Waals surface area contributed by atoms with Crippen LogP contribution in [0.1, 0.15) is 5.56 Å². The van der Waals surface area contributed by atoms with Gasteiger partial charge >= 0.3 is 0 Å². The summed E-state index contributed by atoms with van der Waals surface area (Å²) in [6.45, 7) is -0.0891. The first-order chi connectivity index (χ1) is 7.54. The van der Waals surface area contributed by atoms with Crippen molar-refractivity contribution in [3.05, 3.63) is 29.6 Å². The number of amides is 1. The number of ether oxygens (including phenoxy) is 1. The molecule has 4 nitrogen and oxygen atoms in total. The van der Waals surface area contributed by atoms with Gasteiger partial charge in [-0.05, 0) is 18.2 Å². The van der Waals surface area contributed by atoms with Crippen LogP contribution in [0.15, 0.2) is 18.2 Å². The van der Waals surface area contributed by atoms with Gasteiger partial charge in [0.1, 0.15) is 17.4 Å². The van der Waals surface area contributed by atoms with Crippen LogP contribution in [0.2, 0.25) is 0 Å². The second-order valence-corrected chi connectivity index (χ2v) is 3.48. The zero-order chi connectivity index (χ0) is 12.1. The molecule has 1 aromatic rings. The first-order valence-electron chi connectivity index (χ1n) is 4.42. The Labute approximate surface area is 97.6 Å². The molecular weight excluding hydrogens is 231 g/mol. The van der Waals surface area contributed by atoms with Gasteiger partial charge < -0.3 is 15.8 Å². The van der Waals surface area contributed by atoms with Crippen molar-refractivity contribution in [2.75, 3.05) is 19.0 Å². The summed E-state index contributed by atoms with van der Waals surface area (Å²) < 4.78 is 17.6. The van der Waals surface area contributed by atoms with Gasteiger partial charge in [0.2, 0.25) is 5.91 Å². The van der Waals surface area contributed by atoms with Gasteiger partial charge in [-0.2, -0.15) is 0 Å². The average Bonchev–Trinajstić information content (AvgIpc) is 2.20. The van der Waals surface area contributed by atoms with Gasteiger partial charge in [0.15, 0.2) is 0 Å². The fraction of sp³-hybridized carbons (Fsp3) is 0.200. The molecule has 0 spiro atoms. The smallest absolute Gasteiger partial charge is 0.250 e. The Morgan fingerprint density at radius 3 is 2.88 bits per heavy atom. The number of rotatable bonds is 4. The lowest BCUT2D eigenvalue weighted by Gasteiger charge is -2.09. The minimum Gasteiger partial charge on any atom is -0.389 e. The van der Waals surface area contributed by atoms with E-state index in [4.69, 9.17) is 18.0 Å². The SMILES string of the molecule is COCC(=O)Nc1ccc(F)cc1C(N)=S. The number of thiocarbonyl (C=S) groups is 1. The van der Waals surface area contributed by atoms with Gasteiger partial charge in [-0.3, -0.25) is 4.79 Å². The van der Waals surface area contributed by atoms with Crippen LogP contribution < -0.4 is 11.1 Å². The number of halogens is 1.